The molecule has 0 unspecified atom stereocenters. The Morgan fingerprint density at radius 1 is 1.15 bits per heavy atom. The van der Waals surface area contributed by atoms with Crippen LogP contribution < -0.4 is 0 Å². The van der Waals surface area contributed by atoms with Crippen molar-refractivity contribution in [1.29, 1.82) is 0 Å². The number of hydrogen-bond donors (Lipinski definition) is 1. The Kier molecular flexibility index (Phi) is 7.19. The molecule has 3 aromatic rings. The van der Waals surface area contributed by atoms with Gasteiger partial charge in [-0.05, 0) is 62.8 Å². The van der Waals surface area contributed by atoms with Crippen LogP contribution in [0.4, 0.5) is 0 Å². The van der Waals surface area contributed by atoms with Gasteiger partial charge in [0.05, 0.1) is 17.3 Å². The number of hydrogen-bond acceptors (Lipinski definition) is 5. The molecule has 7 nitrogen and oxygen atoms in total. The molecule has 1 aliphatic heterocycles. The predicted molar refractivity (Wildman–Crippen MR) is 135 cm³/mol. The Balaban J connectivity index is 1.82. The number of aromatic nitrogens is 2. The monoisotopic (exact) mass is 524 g/mol. The molecular formula is C26H29BrN4O3. The van der Waals surface area contributed by atoms with E-state index in [1.54, 1.807) is 22.4 Å². The van der Waals surface area contributed by atoms with Gasteiger partial charge in [0, 0.05) is 17.2 Å². The van der Waals surface area contributed by atoms with Crippen LogP contribution in [0.2, 0.25) is 0 Å². The zero-order valence-electron chi connectivity index (χ0n) is 19.7. The molecule has 0 aliphatic carbocycles. The molecular weight excluding hydrogens is 496 g/mol. The van der Waals surface area contributed by atoms with Crippen LogP contribution in [0, 0.1) is 6.92 Å². The second-order valence-electron chi connectivity index (χ2n) is 8.40. The van der Waals surface area contributed by atoms with Gasteiger partial charge >= 0.3 is 0 Å². The van der Waals surface area contributed by atoms with Crippen LogP contribution >= 0.6 is 15.9 Å². The summed E-state index contributed by atoms with van der Waals surface area (Å²) in [6, 6.07) is 12.4. The molecule has 0 spiro atoms. The van der Waals surface area contributed by atoms with E-state index in [4.69, 9.17) is 0 Å². The number of ketones is 1. The number of aryl methyl sites for hydroxylation is 1. The van der Waals surface area contributed by atoms with E-state index in [0.29, 0.717) is 23.6 Å². The standard InChI is InChI=1S/C26H29BrN4O3/c1-4-29(5-2)13-9-15-31-23(18-10-8-11-19(27)16-18)21(25(33)26(31)34)24(32)22-17(3)28-20-12-6-7-14-30(20)22/h6-8,10-12,14,16,23,32H,4-5,9,13,15H2,1-3H3/t23-/m0/s1. The van der Waals surface area contributed by atoms with Gasteiger partial charge in [-0.2, -0.15) is 0 Å². The molecule has 1 aromatic carbocycles. The molecule has 0 radical (unpaired) electrons. The number of nitrogens with zero attached hydrogens (tertiary/aromatic N) is 4. The van der Waals surface area contributed by atoms with Crippen LogP contribution in [0.5, 0.6) is 0 Å². The molecule has 34 heavy (non-hydrogen) atoms. The summed E-state index contributed by atoms with van der Waals surface area (Å²) in [5, 5.41) is 11.5. The lowest BCUT2D eigenvalue weighted by Crippen LogP contribution is -2.33. The maximum Gasteiger partial charge on any atom is 0.295 e. The van der Waals surface area contributed by atoms with Gasteiger partial charge in [0.15, 0.2) is 5.76 Å². The fourth-order valence-electron chi connectivity index (χ4n) is 4.66. The number of Topliss-reactive ketones (excluding diaryl/α,β-unsaturated/α-hetero) is 1. The predicted octanol–water partition coefficient (Wildman–Crippen LogP) is 4.56. The summed E-state index contributed by atoms with van der Waals surface area (Å²) >= 11 is 3.50. The molecule has 1 aliphatic rings. The Morgan fingerprint density at radius 3 is 2.62 bits per heavy atom. The summed E-state index contributed by atoms with van der Waals surface area (Å²) < 4.78 is 2.58. The zero-order valence-corrected chi connectivity index (χ0v) is 21.2. The second-order valence-corrected chi connectivity index (χ2v) is 9.32. The first kappa shape index (κ1) is 24.2. The second kappa shape index (κ2) is 10.1. The maximum atomic E-state index is 13.3. The normalized spacial score (nSPS) is 17.9. The molecule has 4 rings (SSSR count). The number of carbonyl (C=O) groups is 2. The van der Waals surface area contributed by atoms with Crippen molar-refractivity contribution in [2.45, 2.75) is 33.2 Å². The van der Waals surface area contributed by atoms with Crippen LogP contribution in [0.25, 0.3) is 11.4 Å². The van der Waals surface area contributed by atoms with Gasteiger partial charge in [-0.3, -0.25) is 14.0 Å². The summed E-state index contributed by atoms with van der Waals surface area (Å²) in [6.07, 6.45) is 2.52. The third-order valence-corrected chi connectivity index (χ3v) is 6.89. The van der Waals surface area contributed by atoms with Gasteiger partial charge in [-0.25, -0.2) is 4.98 Å². The van der Waals surface area contributed by atoms with Crippen LogP contribution in [0.3, 0.4) is 0 Å². The van der Waals surface area contributed by atoms with E-state index in [-0.39, 0.29) is 11.3 Å². The Morgan fingerprint density at radius 2 is 1.91 bits per heavy atom. The van der Waals surface area contributed by atoms with Crippen molar-refractivity contribution in [1.82, 2.24) is 19.2 Å². The lowest BCUT2D eigenvalue weighted by molar-refractivity contribution is -0.140. The minimum Gasteiger partial charge on any atom is -0.505 e. The van der Waals surface area contributed by atoms with E-state index >= 15 is 0 Å². The highest BCUT2D eigenvalue weighted by Crippen LogP contribution is 2.40. The third-order valence-electron chi connectivity index (χ3n) is 6.40. The number of carbonyl (C=O) groups excluding carboxylic acids is 2. The van der Waals surface area contributed by atoms with E-state index in [1.807, 2.05) is 42.5 Å². The quantitative estimate of drug-likeness (QED) is 0.265. The minimum absolute atomic E-state index is 0.0969. The molecule has 1 amide bonds. The molecule has 1 saturated heterocycles. The Bertz CT molecular complexity index is 1260. The number of benzene rings is 1. The maximum absolute atomic E-state index is 13.3. The average Bonchev–Trinajstić information content (AvgIpc) is 3.29. The first-order valence-electron chi connectivity index (χ1n) is 11.6. The van der Waals surface area contributed by atoms with Crippen molar-refractivity contribution >= 4 is 39.0 Å². The van der Waals surface area contributed by atoms with Gasteiger partial charge in [-0.1, -0.05) is 48.0 Å². The van der Waals surface area contributed by atoms with Crippen molar-refractivity contribution in [2.24, 2.45) is 0 Å². The molecule has 2 aromatic heterocycles. The number of aliphatic hydroxyl groups is 1. The molecule has 1 atom stereocenters. The van der Waals surface area contributed by atoms with E-state index in [0.717, 1.165) is 36.1 Å². The molecule has 1 N–H and O–H groups in total. The Hall–Kier alpha value is -2.97. The number of pyridine rings is 1. The zero-order chi connectivity index (χ0) is 24.4. The summed E-state index contributed by atoms with van der Waals surface area (Å²) in [7, 11) is 0. The number of likely N-dealkylation sites (tertiary alicyclic amines) is 1. The molecule has 0 saturated carbocycles. The van der Waals surface area contributed by atoms with E-state index < -0.39 is 17.7 Å². The van der Waals surface area contributed by atoms with Gasteiger partial charge in [0.2, 0.25) is 0 Å². The first-order valence-corrected chi connectivity index (χ1v) is 12.4. The van der Waals surface area contributed by atoms with Crippen molar-refractivity contribution < 1.29 is 14.7 Å². The summed E-state index contributed by atoms with van der Waals surface area (Å²) in [5.74, 6) is -1.46. The van der Waals surface area contributed by atoms with Gasteiger partial charge < -0.3 is 14.9 Å². The smallest absolute Gasteiger partial charge is 0.295 e. The highest BCUT2D eigenvalue weighted by Gasteiger charge is 2.46. The minimum atomic E-state index is -0.678. The van der Waals surface area contributed by atoms with Crippen LogP contribution in [0.15, 0.2) is 58.7 Å². The van der Waals surface area contributed by atoms with Gasteiger partial charge in [-0.15, -0.1) is 0 Å². The van der Waals surface area contributed by atoms with E-state index in [9.17, 15) is 14.7 Å². The fourth-order valence-corrected chi connectivity index (χ4v) is 5.08. The first-order chi connectivity index (χ1) is 16.4. The topological polar surface area (TPSA) is 78.2 Å². The molecule has 8 heteroatoms. The van der Waals surface area contributed by atoms with Crippen LogP contribution in [0.1, 0.15) is 43.3 Å². The summed E-state index contributed by atoms with van der Waals surface area (Å²) in [4.78, 5) is 34.9. The van der Waals surface area contributed by atoms with Gasteiger partial charge in [0.1, 0.15) is 11.3 Å². The number of imidazole rings is 1. The average molecular weight is 525 g/mol. The fraction of sp³-hybridized carbons (Fsp3) is 0.346. The Labute approximate surface area is 207 Å². The SMILES string of the molecule is CCN(CC)CCCN1C(=O)C(=O)C(=C(O)c2c(C)nc3ccccn23)[C@@H]1c1cccc(Br)c1. The lowest BCUT2D eigenvalue weighted by Gasteiger charge is -2.27. The number of amides is 1. The molecule has 0 bridgehead atoms. The van der Waals surface area contributed by atoms with Crippen LogP contribution in [-0.4, -0.2) is 62.2 Å². The van der Waals surface area contributed by atoms with Crippen molar-refractivity contribution in [3.8, 4) is 0 Å². The van der Waals surface area contributed by atoms with Crippen molar-refractivity contribution in [2.75, 3.05) is 26.2 Å². The van der Waals surface area contributed by atoms with Crippen molar-refractivity contribution in [3.63, 3.8) is 0 Å². The molecule has 1 fully saturated rings. The van der Waals surface area contributed by atoms with Crippen LogP contribution in [-0.2, 0) is 9.59 Å². The highest BCUT2D eigenvalue weighted by atomic mass is 79.9. The van der Waals surface area contributed by atoms with E-state index in [2.05, 4.69) is 39.7 Å². The molecule has 3 heterocycles. The van der Waals surface area contributed by atoms with E-state index in [1.165, 1.54) is 0 Å². The number of rotatable bonds is 8. The molecule has 178 valence electrons. The largest absolute Gasteiger partial charge is 0.505 e. The van der Waals surface area contributed by atoms with Crippen molar-refractivity contribution in [3.05, 3.63) is 75.7 Å². The van der Waals surface area contributed by atoms with Gasteiger partial charge in [0.25, 0.3) is 11.7 Å². The number of halogens is 1. The number of fused-ring (bicyclic) bond motifs is 1. The third kappa shape index (κ3) is 4.40. The number of aliphatic hydroxyl groups excluding tert-OH is 1. The highest BCUT2D eigenvalue weighted by molar-refractivity contribution is 9.10. The lowest BCUT2D eigenvalue weighted by atomic mass is 9.96. The summed E-state index contributed by atoms with van der Waals surface area (Å²) in [5.41, 5.74) is 2.54. The summed E-state index contributed by atoms with van der Waals surface area (Å²) in [6.45, 7) is 9.10.